The highest BCUT2D eigenvalue weighted by molar-refractivity contribution is 5.18. The Hall–Kier alpha value is -1.61. The molecule has 1 aromatic carbocycles. The highest BCUT2D eigenvalue weighted by atomic mass is 15.0. The standard InChI is InChI=1S/C14H19N3/c1-13(14-5-3-2-4-6-14)11-15-7-9-17-10-8-16-12-17/h2-6,8,10,12-13,15H,7,9,11H2,1H3. The molecular formula is C14H19N3. The quantitative estimate of drug-likeness (QED) is 0.770. The largest absolute Gasteiger partial charge is 0.336 e. The van der Waals surface area contributed by atoms with Gasteiger partial charge in [-0.25, -0.2) is 4.98 Å². The van der Waals surface area contributed by atoms with E-state index in [1.54, 1.807) is 0 Å². The van der Waals surface area contributed by atoms with Crippen molar-refractivity contribution in [3.63, 3.8) is 0 Å². The lowest BCUT2D eigenvalue weighted by atomic mass is 10.0. The van der Waals surface area contributed by atoms with Crippen LogP contribution in [0, 0.1) is 0 Å². The first kappa shape index (κ1) is 11.9. The summed E-state index contributed by atoms with van der Waals surface area (Å²) < 4.78 is 2.08. The maximum absolute atomic E-state index is 4.02. The topological polar surface area (TPSA) is 29.9 Å². The minimum absolute atomic E-state index is 0.555. The van der Waals surface area contributed by atoms with Crippen molar-refractivity contribution in [2.45, 2.75) is 19.4 Å². The molecule has 0 fully saturated rings. The molecule has 1 heterocycles. The summed E-state index contributed by atoms with van der Waals surface area (Å²) in [4.78, 5) is 4.02. The number of hydrogen-bond acceptors (Lipinski definition) is 2. The lowest BCUT2D eigenvalue weighted by Gasteiger charge is -2.13. The van der Waals surface area contributed by atoms with E-state index in [-0.39, 0.29) is 0 Å². The Balaban J connectivity index is 1.68. The molecule has 0 saturated carbocycles. The van der Waals surface area contributed by atoms with E-state index in [0.717, 1.165) is 19.6 Å². The molecule has 1 atom stereocenters. The van der Waals surface area contributed by atoms with Gasteiger partial charge in [-0.15, -0.1) is 0 Å². The van der Waals surface area contributed by atoms with Gasteiger partial charge in [0.15, 0.2) is 0 Å². The second-order valence-corrected chi connectivity index (χ2v) is 4.32. The van der Waals surface area contributed by atoms with Crippen LogP contribution >= 0.6 is 0 Å². The van der Waals surface area contributed by atoms with Crippen LogP contribution in [0.4, 0.5) is 0 Å². The molecule has 17 heavy (non-hydrogen) atoms. The first-order valence-corrected chi connectivity index (χ1v) is 6.07. The molecular weight excluding hydrogens is 210 g/mol. The van der Waals surface area contributed by atoms with Gasteiger partial charge in [-0.1, -0.05) is 37.3 Å². The van der Waals surface area contributed by atoms with E-state index in [1.165, 1.54) is 5.56 Å². The highest BCUT2D eigenvalue weighted by Gasteiger charge is 2.03. The molecule has 0 aliphatic heterocycles. The van der Waals surface area contributed by atoms with Gasteiger partial charge in [-0.05, 0) is 11.5 Å². The van der Waals surface area contributed by atoms with Crippen molar-refractivity contribution in [1.29, 1.82) is 0 Å². The van der Waals surface area contributed by atoms with E-state index >= 15 is 0 Å². The van der Waals surface area contributed by atoms with Crippen LogP contribution in [0.5, 0.6) is 0 Å². The molecule has 2 rings (SSSR count). The van der Waals surface area contributed by atoms with Gasteiger partial charge >= 0.3 is 0 Å². The SMILES string of the molecule is CC(CNCCn1ccnc1)c1ccccc1. The summed E-state index contributed by atoms with van der Waals surface area (Å²) in [7, 11) is 0. The summed E-state index contributed by atoms with van der Waals surface area (Å²) in [6.07, 6.45) is 5.65. The summed E-state index contributed by atoms with van der Waals surface area (Å²) in [6, 6.07) is 10.6. The number of hydrogen-bond donors (Lipinski definition) is 1. The fraction of sp³-hybridized carbons (Fsp3) is 0.357. The first-order valence-electron chi connectivity index (χ1n) is 6.07. The fourth-order valence-electron chi connectivity index (χ4n) is 1.85. The summed E-state index contributed by atoms with van der Waals surface area (Å²) in [5.41, 5.74) is 1.39. The van der Waals surface area contributed by atoms with Crippen LogP contribution in [-0.4, -0.2) is 22.6 Å². The molecule has 0 radical (unpaired) electrons. The average molecular weight is 229 g/mol. The average Bonchev–Trinajstić information content (AvgIpc) is 2.88. The van der Waals surface area contributed by atoms with Crippen molar-refractivity contribution in [2.75, 3.05) is 13.1 Å². The van der Waals surface area contributed by atoms with E-state index in [9.17, 15) is 0 Å². The third-order valence-corrected chi connectivity index (χ3v) is 2.93. The minimum Gasteiger partial charge on any atom is -0.336 e. The third kappa shape index (κ3) is 3.71. The summed E-state index contributed by atoms with van der Waals surface area (Å²) in [5, 5.41) is 3.47. The van der Waals surface area contributed by atoms with E-state index in [2.05, 4.69) is 52.1 Å². The third-order valence-electron chi connectivity index (χ3n) is 2.93. The molecule has 0 bridgehead atoms. The number of benzene rings is 1. The summed E-state index contributed by atoms with van der Waals surface area (Å²) in [5.74, 6) is 0.555. The Morgan fingerprint density at radius 3 is 2.82 bits per heavy atom. The smallest absolute Gasteiger partial charge is 0.0946 e. The van der Waals surface area contributed by atoms with Gasteiger partial charge in [-0.3, -0.25) is 0 Å². The zero-order valence-corrected chi connectivity index (χ0v) is 10.2. The Morgan fingerprint density at radius 1 is 1.29 bits per heavy atom. The van der Waals surface area contributed by atoms with Crippen LogP contribution in [-0.2, 0) is 6.54 Å². The molecule has 3 nitrogen and oxygen atoms in total. The molecule has 0 aliphatic rings. The number of aromatic nitrogens is 2. The maximum atomic E-state index is 4.02. The molecule has 0 amide bonds. The molecule has 1 N–H and O–H groups in total. The predicted octanol–water partition coefficient (Wildman–Crippen LogP) is 2.28. The molecule has 0 spiro atoms. The van der Waals surface area contributed by atoms with Gasteiger partial charge in [0, 0.05) is 32.0 Å². The second-order valence-electron chi connectivity index (χ2n) is 4.32. The molecule has 2 aromatic rings. The van der Waals surface area contributed by atoms with Crippen molar-refractivity contribution in [2.24, 2.45) is 0 Å². The summed E-state index contributed by atoms with van der Waals surface area (Å²) in [6.45, 7) is 5.22. The van der Waals surface area contributed by atoms with Gasteiger partial charge in [-0.2, -0.15) is 0 Å². The number of imidazole rings is 1. The highest BCUT2D eigenvalue weighted by Crippen LogP contribution is 2.12. The number of nitrogens with one attached hydrogen (secondary N) is 1. The van der Waals surface area contributed by atoms with Crippen LogP contribution in [0.3, 0.4) is 0 Å². The molecule has 1 unspecified atom stereocenters. The lowest BCUT2D eigenvalue weighted by Crippen LogP contribution is -2.24. The van der Waals surface area contributed by atoms with E-state index in [0.29, 0.717) is 5.92 Å². The second kappa shape index (κ2) is 6.21. The van der Waals surface area contributed by atoms with Crippen molar-refractivity contribution < 1.29 is 0 Å². The van der Waals surface area contributed by atoms with Crippen molar-refractivity contribution in [3.05, 3.63) is 54.6 Å². The van der Waals surface area contributed by atoms with Gasteiger partial charge in [0.1, 0.15) is 0 Å². The normalized spacial score (nSPS) is 12.5. The Kier molecular flexibility index (Phi) is 4.33. The Bertz CT molecular complexity index is 408. The van der Waals surface area contributed by atoms with Crippen molar-refractivity contribution in [3.8, 4) is 0 Å². The molecule has 0 saturated heterocycles. The molecule has 3 heteroatoms. The number of rotatable bonds is 6. The van der Waals surface area contributed by atoms with Crippen LogP contribution in [0.1, 0.15) is 18.4 Å². The van der Waals surface area contributed by atoms with Crippen LogP contribution in [0.15, 0.2) is 49.1 Å². The minimum atomic E-state index is 0.555. The van der Waals surface area contributed by atoms with E-state index in [1.807, 2.05) is 18.7 Å². The van der Waals surface area contributed by atoms with Gasteiger partial charge in [0.05, 0.1) is 6.33 Å². The first-order chi connectivity index (χ1) is 8.36. The van der Waals surface area contributed by atoms with Crippen molar-refractivity contribution in [1.82, 2.24) is 14.9 Å². The molecule has 0 aliphatic carbocycles. The van der Waals surface area contributed by atoms with Gasteiger partial charge in [0.25, 0.3) is 0 Å². The van der Waals surface area contributed by atoms with Gasteiger partial charge < -0.3 is 9.88 Å². The van der Waals surface area contributed by atoms with Crippen LogP contribution < -0.4 is 5.32 Å². The monoisotopic (exact) mass is 229 g/mol. The Morgan fingerprint density at radius 2 is 2.12 bits per heavy atom. The zero-order chi connectivity index (χ0) is 11.9. The fourth-order valence-corrected chi connectivity index (χ4v) is 1.85. The summed E-state index contributed by atoms with van der Waals surface area (Å²) >= 11 is 0. The van der Waals surface area contributed by atoms with Crippen LogP contribution in [0.25, 0.3) is 0 Å². The van der Waals surface area contributed by atoms with Crippen molar-refractivity contribution >= 4 is 0 Å². The van der Waals surface area contributed by atoms with Gasteiger partial charge in [0.2, 0.25) is 0 Å². The van der Waals surface area contributed by atoms with E-state index in [4.69, 9.17) is 0 Å². The van der Waals surface area contributed by atoms with Crippen LogP contribution in [0.2, 0.25) is 0 Å². The molecule has 1 aromatic heterocycles. The van der Waals surface area contributed by atoms with E-state index < -0.39 is 0 Å². The predicted molar refractivity (Wildman–Crippen MR) is 70.0 cm³/mol. The number of nitrogens with zero attached hydrogens (tertiary/aromatic N) is 2. The zero-order valence-electron chi connectivity index (χ0n) is 10.2. The lowest BCUT2D eigenvalue weighted by molar-refractivity contribution is 0.564. The Labute approximate surface area is 103 Å². The maximum Gasteiger partial charge on any atom is 0.0946 e. The molecule has 90 valence electrons.